The van der Waals surface area contributed by atoms with E-state index in [1.165, 1.54) is 12.1 Å². The SMILES string of the molecule is COC1(C)CN(C(=O)c2ccc(-c3ccc4nc(C(C(=O)CCC(=O)NC5CC5)S(=O)(=O)c5ccccc5)sc4c3)cc2)C1. The molecule has 2 aliphatic rings. The summed E-state index contributed by atoms with van der Waals surface area (Å²) < 4.78 is 33.8. The Hall–Kier alpha value is -3.93. The van der Waals surface area contributed by atoms with E-state index >= 15 is 0 Å². The van der Waals surface area contributed by atoms with Crippen LogP contribution in [-0.2, 0) is 24.2 Å². The van der Waals surface area contributed by atoms with Gasteiger partial charge in [0, 0.05) is 31.6 Å². The molecule has 0 bridgehead atoms. The summed E-state index contributed by atoms with van der Waals surface area (Å²) in [5, 5.41) is 1.50. The normalized spacial score (nSPS) is 16.7. The molecule has 1 unspecified atom stereocenters. The minimum atomic E-state index is -4.13. The molecule has 1 N–H and O–H groups in total. The third kappa shape index (κ3) is 6.17. The third-order valence-electron chi connectivity index (χ3n) is 8.14. The molecule has 9 nitrogen and oxygen atoms in total. The van der Waals surface area contributed by atoms with Crippen molar-refractivity contribution >= 4 is 49.0 Å². The Labute approximate surface area is 260 Å². The number of benzene rings is 3. The van der Waals surface area contributed by atoms with Gasteiger partial charge in [0.2, 0.25) is 5.91 Å². The number of sulfone groups is 1. The fourth-order valence-corrected chi connectivity index (χ4v) is 8.47. The van der Waals surface area contributed by atoms with E-state index in [-0.39, 0.29) is 46.2 Å². The summed E-state index contributed by atoms with van der Waals surface area (Å²) in [7, 11) is -2.48. The number of hydrogen-bond acceptors (Lipinski definition) is 8. The molecule has 1 saturated carbocycles. The van der Waals surface area contributed by atoms with Crippen molar-refractivity contribution in [3.63, 3.8) is 0 Å². The van der Waals surface area contributed by atoms with E-state index in [0.29, 0.717) is 24.2 Å². The number of rotatable bonds is 11. The monoisotopic (exact) mass is 631 g/mol. The zero-order valence-electron chi connectivity index (χ0n) is 24.5. The second-order valence-corrected chi connectivity index (χ2v) is 14.8. The summed E-state index contributed by atoms with van der Waals surface area (Å²) in [6, 6.07) is 21.0. The van der Waals surface area contributed by atoms with Crippen molar-refractivity contribution in [1.82, 2.24) is 15.2 Å². The molecular formula is C33H33N3O6S2. The highest BCUT2D eigenvalue weighted by molar-refractivity contribution is 7.92. The van der Waals surface area contributed by atoms with Gasteiger partial charge in [0.1, 0.15) is 10.6 Å². The molecule has 1 aromatic heterocycles. The van der Waals surface area contributed by atoms with Crippen molar-refractivity contribution in [3.8, 4) is 11.1 Å². The van der Waals surface area contributed by atoms with Gasteiger partial charge in [-0.3, -0.25) is 14.4 Å². The van der Waals surface area contributed by atoms with Gasteiger partial charge in [-0.05, 0) is 67.3 Å². The maximum Gasteiger partial charge on any atom is 0.254 e. The largest absolute Gasteiger partial charge is 0.375 e. The van der Waals surface area contributed by atoms with Crippen LogP contribution in [0.1, 0.15) is 53.2 Å². The van der Waals surface area contributed by atoms with Crippen LogP contribution < -0.4 is 5.32 Å². The molecule has 6 rings (SSSR count). The van der Waals surface area contributed by atoms with Gasteiger partial charge in [-0.2, -0.15) is 0 Å². The predicted molar refractivity (Wildman–Crippen MR) is 168 cm³/mol. The number of nitrogens with zero attached hydrogens (tertiary/aromatic N) is 2. The first-order valence-electron chi connectivity index (χ1n) is 14.5. The number of ketones is 1. The molecule has 4 aromatic rings. The summed E-state index contributed by atoms with van der Waals surface area (Å²) >= 11 is 1.16. The lowest BCUT2D eigenvalue weighted by Crippen LogP contribution is -2.62. The number of aromatic nitrogens is 1. The van der Waals surface area contributed by atoms with Crippen LogP contribution in [0.25, 0.3) is 21.3 Å². The number of carbonyl (C=O) groups is 3. The van der Waals surface area contributed by atoms with E-state index < -0.39 is 20.9 Å². The first-order valence-corrected chi connectivity index (χ1v) is 16.9. The van der Waals surface area contributed by atoms with Crippen LogP contribution in [0.4, 0.5) is 0 Å². The molecule has 1 aliphatic heterocycles. The smallest absolute Gasteiger partial charge is 0.254 e. The minimum absolute atomic E-state index is 0.0282. The number of fused-ring (bicyclic) bond motifs is 1. The number of hydrogen-bond donors (Lipinski definition) is 1. The van der Waals surface area contributed by atoms with Crippen molar-refractivity contribution in [2.45, 2.75) is 54.4 Å². The lowest BCUT2D eigenvalue weighted by molar-refractivity contribution is -0.125. The van der Waals surface area contributed by atoms with E-state index in [0.717, 1.165) is 40.0 Å². The number of nitrogens with one attached hydrogen (secondary N) is 1. The van der Waals surface area contributed by atoms with E-state index in [9.17, 15) is 22.8 Å². The number of ether oxygens (including phenoxy) is 1. The number of Topliss-reactive ketones (excluding diaryl/α,β-unsaturated/α-hetero) is 1. The van der Waals surface area contributed by atoms with Crippen molar-refractivity contribution in [2.24, 2.45) is 0 Å². The first kappa shape index (κ1) is 30.1. The van der Waals surface area contributed by atoms with E-state index in [2.05, 4.69) is 10.3 Å². The van der Waals surface area contributed by atoms with Crippen LogP contribution in [0.15, 0.2) is 77.7 Å². The number of likely N-dealkylation sites (tertiary alicyclic amines) is 1. The van der Waals surface area contributed by atoms with Crippen molar-refractivity contribution in [1.29, 1.82) is 0 Å². The molecule has 0 radical (unpaired) electrons. The fourth-order valence-electron chi connectivity index (χ4n) is 5.34. The molecule has 228 valence electrons. The van der Waals surface area contributed by atoms with Crippen LogP contribution in [0.2, 0.25) is 0 Å². The van der Waals surface area contributed by atoms with Crippen molar-refractivity contribution < 1.29 is 27.5 Å². The topological polar surface area (TPSA) is 123 Å². The second kappa shape index (κ2) is 11.9. The molecule has 2 fully saturated rings. The minimum Gasteiger partial charge on any atom is -0.375 e. The number of amides is 2. The standard InChI is InChI=1S/C33H33N3O6S2/c1-33(42-2)19-36(20-33)32(39)22-10-8-21(9-11-22)23-12-15-26-28(18-23)43-31(35-26)30(44(40,41)25-6-4-3-5-7-25)27(37)16-17-29(38)34-24-13-14-24/h3-12,15,18,24,30H,13-14,16-17,19-20H2,1-2H3,(H,34,38). The Balaban J connectivity index is 1.25. The predicted octanol–water partition coefficient (Wildman–Crippen LogP) is 4.97. The average Bonchev–Trinajstić information content (AvgIpc) is 3.73. The van der Waals surface area contributed by atoms with Gasteiger partial charge < -0.3 is 15.0 Å². The van der Waals surface area contributed by atoms with Gasteiger partial charge in [0.25, 0.3) is 5.91 Å². The van der Waals surface area contributed by atoms with Gasteiger partial charge in [0.15, 0.2) is 20.9 Å². The summed E-state index contributed by atoms with van der Waals surface area (Å²) in [6.45, 7) is 3.07. The van der Waals surface area contributed by atoms with Gasteiger partial charge in [-0.15, -0.1) is 11.3 Å². The molecule has 44 heavy (non-hydrogen) atoms. The quantitative estimate of drug-likeness (QED) is 0.248. The van der Waals surface area contributed by atoms with Crippen LogP contribution in [0, 0.1) is 0 Å². The van der Waals surface area contributed by atoms with Gasteiger partial charge >= 0.3 is 0 Å². The Bertz CT molecular complexity index is 1830. The highest BCUT2D eigenvalue weighted by atomic mass is 32.2. The summed E-state index contributed by atoms with van der Waals surface area (Å²) in [5.74, 6) is -0.863. The Morgan fingerprint density at radius 2 is 1.68 bits per heavy atom. The molecule has 1 saturated heterocycles. The Morgan fingerprint density at radius 3 is 2.34 bits per heavy atom. The molecular weight excluding hydrogens is 599 g/mol. The summed E-state index contributed by atoms with van der Waals surface area (Å²) in [4.78, 5) is 45.0. The number of carbonyl (C=O) groups excluding carboxylic acids is 3. The second-order valence-electron chi connectivity index (χ2n) is 11.7. The van der Waals surface area contributed by atoms with Crippen molar-refractivity contribution in [2.75, 3.05) is 20.2 Å². The van der Waals surface area contributed by atoms with E-state index in [1.54, 1.807) is 48.4 Å². The van der Waals surface area contributed by atoms with E-state index in [4.69, 9.17) is 4.74 Å². The molecule has 0 spiro atoms. The molecule has 11 heteroatoms. The van der Waals surface area contributed by atoms with Crippen LogP contribution in [-0.4, -0.2) is 67.7 Å². The maximum absolute atomic E-state index is 13.8. The van der Waals surface area contributed by atoms with Gasteiger partial charge in [0.05, 0.1) is 28.2 Å². The van der Waals surface area contributed by atoms with Gasteiger partial charge in [-0.25, -0.2) is 13.4 Å². The van der Waals surface area contributed by atoms with Gasteiger partial charge in [-0.1, -0.05) is 36.4 Å². The van der Waals surface area contributed by atoms with Crippen LogP contribution in [0.3, 0.4) is 0 Å². The highest BCUT2D eigenvalue weighted by Gasteiger charge is 2.42. The maximum atomic E-state index is 13.8. The lowest BCUT2D eigenvalue weighted by Gasteiger charge is -2.46. The van der Waals surface area contributed by atoms with Crippen LogP contribution >= 0.6 is 11.3 Å². The number of thiazole rings is 1. The average molecular weight is 632 g/mol. The first-order chi connectivity index (χ1) is 21.1. The summed E-state index contributed by atoms with van der Waals surface area (Å²) in [5.41, 5.74) is 2.62. The van der Waals surface area contributed by atoms with Crippen molar-refractivity contribution in [3.05, 3.63) is 83.4 Å². The Morgan fingerprint density at radius 1 is 1.00 bits per heavy atom. The zero-order chi connectivity index (χ0) is 31.1. The molecule has 1 atom stereocenters. The Kier molecular flexibility index (Phi) is 8.12. The third-order valence-corrected chi connectivity index (χ3v) is 11.4. The van der Waals surface area contributed by atoms with Crippen LogP contribution in [0.5, 0.6) is 0 Å². The number of methoxy groups -OCH3 is 1. The van der Waals surface area contributed by atoms with E-state index in [1.807, 2.05) is 31.2 Å². The molecule has 2 amide bonds. The summed E-state index contributed by atoms with van der Waals surface area (Å²) in [6.07, 6.45) is 1.57. The molecule has 3 aromatic carbocycles. The zero-order valence-corrected chi connectivity index (χ0v) is 26.1. The molecule has 1 aliphatic carbocycles. The fraction of sp³-hybridized carbons (Fsp3) is 0.333. The molecule has 2 heterocycles. The highest BCUT2D eigenvalue weighted by Crippen LogP contribution is 2.37. The lowest BCUT2D eigenvalue weighted by atomic mass is 9.95.